The number of nitro groups is 1. The third kappa shape index (κ3) is 4.05. The molecule has 0 radical (unpaired) electrons. The molecule has 9 heteroatoms. The standard InChI is InChI=1S/C19H31N5O4/c1-12-6-8-22(10-15(12)27-4)18-17(24(25)26)14(3)20-19(21-18)23-9-7-13(2)16(11-23)28-5/h12-13,15-16H,6-11H2,1-5H3. The van der Waals surface area contributed by atoms with Crippen LogP contribution in [0.25, 0.3) is 0 Å². The second-order valence-corrected chi connectivity index (χ2v) is 8.01. The number of nitrogens with zero attached hydrogens (tertiary/aromatic N) is 5. The van der Waals surface area contributed by atoms with Gasteiger partial charge in [-0.15, -0.1) is 0 Å². The molecule has 0 bridgehead atoms. The number of ether oxygens (including phenoxy) is 2. The van der Waals surface area contributed by atoms with Gasteiger partial charge < -0.3 is 19.3 Å². The summed E-state index contributed by atoms with van der Waals surface area (Å²) in [6, 6.07) is 0. The van der Waals surface area contributed by atoms with Gasteiger partial charge >= 0.3 is 5.69 Å². The van der Waals surface area contributed by atoms with Crippen molar-refractivity contribution in [3.8, 4) is 0 Å². The molecule has 2 aliphatic rings. The number of piperidine rings is 2. The third-order valence-electron chi connectivity index (χ3n) is 6.18. The number of anilines is 2. The predicted molar refractivity (Wildman–Crippen MR) is 107 cm³/mol. The van der Waals surface area contributed by atoms with Gasteiger partial charge in [-0.3, -0.25) is 10.1 Å². The van der Waals surface area contributed by atoms with Crippen LogP contribution in [0.3, 0.4) is 0 Å². The molecule has 3 heterocycles. The maximum atomic E-state index is 11.8. The van der Waals surface area contributed by atoms with Crippen molar-refractivity contribution < 1.29 is 14.4 Å². The number of aromatic nitrogens is 2. The van der Waals surface area contributed by atoms with Crippen LogP contribution >= 0.6 is 0 Å². The average molecular weight is 393 g/mol. The molecule has 0 N–H and O–H groups in total. The van der Waals surface area contributed by atoms with E-state index in [1.165, 1.54) is 0 Å². The first-order valence-corrected chi connectivity index (χ1v) is 9.94. The maximum absolute atomic E-state index is 11.8. The van der Waals surface area contributed by atoms with Crippen molar-refractivity contribution in [2.24, 2.45) is 11.8 Å². The van der Waals surface area contributed by atoms with Crippen LogP contribution in [0.1, 0.15) is 32.4 Å². The number of hydrogen-bond donors (Lipinski definition) is 0. The third-order valence-corrected chi connectivity index (χ3v) is 6.18. The molecule has 2 aliphatic heterocycles. The fourth-order valence-corrected chi connectivity index (χ4v) is 4.17. The molecule has 0 aliphatic carbocycles. The van der Waals surface area contributed by atoms with Crippen molar-refractivity contribution in [1.29, 1.82) is 0 Å². The van der Waals surface area contributed by atoms with E-state index >= 15 is 0 Å². The molecule has 156 valence electrons. The van der Waals surface area contributed by atoms with Crippen molar-refractivity contribution in [1.82, 2.24) is 9.97 Å². The largest absolute Gasteiger partial charge is 0.379 e. The minimum Gasteiger partial charge on any atom is -0.379 e. The zero-order valence-corrected chi connectivity index (χ0v) is 17.4. The van der Waals surface area contributed by atoms with E-state index in [1.54, 1.807) is 21.1 Å². The van der Waals surface area contributed by atoms with Gasteiger partial charge in [-0.05, 0) is 31.6 Å². The number of hydrogen-bond acceptors (Lipinski definition) is 8. The summed E-state index contributed by atoms with van der Waals surface area (Å²) < 4.78 is 11.2. The summed E-state index contributed by atoms with van der Waals surface area (Å²) in [7, 11) is 3.41. The maximum Gasteiger partial charge on any atom is 0.332 e. The topological polar surface area (TPSA) is 93.9 Å². The van der Waals surface area contributed by atoms with Crippen LogP contribution in [0.4, 0.5) is 17.5 Å². The summed E-state index contributed by atoms with van der Waals surface area (Å²) in [6.45, 7) is 8.83. The number of rotatable bonds is 5. The van der Waals surface area contributed by atoms with Gasteiger partial charge in [-0.2, -0.15) is 4.98 Å². The first kappa shape index (κ1) is 20.7. The van der Waals surface area contributed by atoms with E-state index < -0.39 is 0 Å². The lowest BCUT2D eigenvalue weighted by Crippen LogP contribution is -2.46. The quantitative estimate of drug-likeness (QED) is 0.556. The van der Waals surface area contributed by atoms with Crippen LogP contribution in [0.15, 0.2) is 0 Å². The molecule has 4 atom stereocenters. The highest BCUT2D eigenvalue weighted by atomic mass is 16.6. The van der Waals surface area contributed by atoms with Gasteiger partial charge in [0.15, 0.2) is 0 Å². The van der Waals surface area contributed by atoms with E-state index in [1.807, 2.05) is 4.90 Å². The Morgan fingerprint density at radius 2 is 1.54 bits per heavy atom. The normalized spacial score (nSPS) is 28.5. The highest BCUT2D eigenvalue weighted by Crippen LogP contribution is 2.34. The first-order chi connectivity index (χ1) is 13.3. The van der Waals surface area contributed by atoms with Gasteiger partial charge in [0.2, 0.25) is 11.8 Å². The van der Waals surface area contributed by atoms with E-state index in [0.717, 1.165) is 25.9 Å². The SMILES string of the molecule is COC1CN(c2nc(C)c([N+](=O)[O-])c(N3CCC(C)C(OC)C3)n2)CCC1C. The Bertz CT molecular complexity index is 716. The zero-order chi connectivity index (χ0) is 20.4. The predicted octanol–water partition coefficient (Wildman–Crippen LogP) is 2.42. The second kappa shape index (κ2) is 8.57. The van der Waals surface area contributed by atoms with Crippen molar-refractivity contribution in [3.05, 3.63) is 15.8 Å². The summed E-state index contributed by atoms with van der Waals surface area (Å²) in [6.07, 6.45) is 2.01. The molecule has 1 aromatic rings. The van der Waals surface area contributed by atoms with Crippen LogP contribution in [0.5, 0.6) is 0 Å². The van der Waals surface area contributed by atoms with Gasteiger partial charge in [0, 0.05) is 40.4 Å². The lowest BCUT2D eigenvalue weighted by Gasteiger charge is -2.38. The molecular weight excluding hydrogens is 362 g/mol. The minimum atomic E-state index is -0.371. The van der Waals surface area contributed by atoms with Crippen molar-refractivity contribution >= 4 is 17.5 Å². The van der Waals surface area contributed by atoms with E-state index in [0.29, 0.717) is 42.4 Å². The Balaban J connectivity index is 1.95. The lowest BCUT2D eigenvalue weighted by atomic mass is 9.95. The highest BCUT2D eigenvalue weighted by Gasteiger charge is 2.34. The molecule has 3 rings (SSSR count). The summed E-state index contributed by atoms with van der Waals surface area (Å²) in [5.74, 6) is 1.81. The Morgan fingerprint density at radius 3 is 2.07 bits per heavy atom. The summed E-state index contributed by atoms with van der Waals surface area (Å²) in [5.41, 5.74) is 0.381. The minimum absolute atomic E-state index is 0.0122. The van der Waals surface area contributed by atoms with Crippen LogP contribution in [-0.2, 0) is 9.47 Å². The fourth-order valence-electron chi connectivity index (χ4n) is 4.17. The van der Waals surface area contributed by atoms with Crippen molar-refractivity contribution in [2.45, 2.75) is 45.8 Å². The van der Waals surface area contributed by atoms with E-state index in [2.05, 4.69) is 28.7 Å². The molecule has 0 amide bonds. The number of aryl methyl sites for hydroxylation is 1. The molecular formula is C19H31N5O4. The highest BCUT2D eigenvalue weighted by molar-refractivity contribution is 5.63. The lowest BCUT2D eigenvalue weighted by molar-refractivity contribution is -0.385. The van der Waals surface area contributed by atoms with Crippen molar-refractivity contribution in [3.63, 3.8) is 0 Å². The fraction of sp³-hybridized carbons (Fsp3) is 0.789. The van der Waals surface area contributed by atoms with E-state index in [4.69, 9.17) is 9.47 Å². The van der Waals surface area contributed by atoms with Gasteiger partial charge in [-0.1, -0.05) is 13.8 Å². The zero-order valence-electron chi connectivity index (χ0n) is 17.4. The molecule has 9 nitrogen and oxygen atoms in total. The van der Waals surface area contributed by atoms with E-state index in [9.17, 15) is 10.1 Å². The Morgan fingerprint density at radius 1 is 1.00 bits per heavy atom. The molecule has 0 spiro atoms. The molecule has 0 aromatic carbocycles. The van der Waals surface area contributed by atoms with Gasteiger partial charge in [0.25, 0.3) is 0 Å². The van der Waals surface area contributed by atoms with Crippen LogP contribution in [0.2, 0.25) is 0 Å². The Labute approximate surface area is 166 Å². The number of methoxy groups -OCH3 is 2. The van der Waals surface area contributed by atoms with Gasteiger partial charge in [-0.25, -0.2) is 4.98 Å². The Kier molecular flexibility index (Phi) is 6.34. The van der Waals surface area contributed by atoms with Gasteiger partial charge in [0.05, 0.1) is 17.1 Å². The van der Waals surface area contributed by atoms with Crippen LogP contribution in [-0.4, -0.2) is 67.5 Å². The first-order valence-electron chi connectivity index (χ1n) is 9.94. The summed E-state index contributed by atoms with van der Waals surface area (Å²) in [5, 5.41) is 11.8. The molecule has 0 saturated carbocycles. The second-order valence-electron chi connectivity index (χ2n) is 8.01. The van der Waals surface area contributed by atoms with Gasteiger partial charge in [0.1, 0.15) is 5.69 Å². The smallest absolute Gasteiger partial charge is 0.332 e. The molecule has 4 unspecified atom stereocenters. The Hall–Kier alpha value is -2.00. The summed E-state index contributed by atoms with van der Waals surface area (Å²) in [4.78, 5) is 24.6. The molecule has 2 fully saturated rings. The monoisotopic (exact) mass is 393 g/mol. The van der Waals surface area contributed by atoms with Crippen LogP contribution in [0, 0.1) is 28.9 Å². The van der Waals surface area contributed by atoms with Crippen molar-refractivity contribution in [2.75, 3.05) is 50.2 Å². The summed E-state index contributed by atoms with van der Waals surface area (Å²) >= 11 is 0. The molecule has 28 heavy (non-hydrogen) atoms. The average Bonchev–Trinajstić information content (AvgIpc) is 2.67. The molecule has 2 saturated heterocycles. The van der Waals surface area contributed by atoms with E-state index in [-0.39, 0.29) is 22.8 Å². The van der Waals surface area contributed by atoms with Crippen LogP contribution < -0.4 is 9.80 Å². The molecule has 1 aromatic heterocycles.